The Kier molecular flexibility index (Phi) is 5.60. The molecule has 1 rings (SSSR count). The molecule has 2 unspecified atom stereocenters. The zero-order chi connectivity index (χ0) is 13.6. The molecular weight excluding hydrogens is 252 g/mol. The first kappa shape index (κ1) is 15.0. The molecule has 1 heterocycles. The van der Waals surface area contributed by atoms with Gasteiger partial charge in [0, 0.05) is 18.4 Å². The quantitative estimate of drug-likeness (QED) is 0.781. The molecule has 1 aliphatic heterocycles. The number of sulfone groups is 1. The summed E-state index contributed by atoms with van der Waals surface area (Å²) < 4.78 is 22.5. The molecule has 0 aromatic rings. The summed E-state index contributed by atoms with van der Waals surface area (Å²) in [4.78, 5) is 11.6. The molecule has 0 radical (unpaired) electrons. The second kappa shape index (κ2) is 6.74. The lowest BCUT2D eigenvalue weighted by Gasteiger charge is -2.12. The van der Waals surface area contributed by atoms with Crippen molar-refractivity contribution in [3.8, 4) is 6.07 Å². The van der Waals surface area contributed by atoms with Crippen LogP contribution in [0, 0.1) is 17.2 Å². The van der Waals surface area contributed by atoms with Crippen molar-refractivity contribution in [2.24, 2.45) is 5.92 Å². The fourth-order valence-corrected chi connectivity index (χ4v) is 3.81. The number of hydrogen-bond acceptors (Lipinski definition) is 4. The van der Waals surface area contributed by atoms with Crippen molar-refractivity contribution >= 4 is 15.7 Å². The van der Waals surface area contributed by atoms with Gasteiger partial charge in [-0.05, 0) is 19.3 Å². The van der Waals surface area contributed by atoms with Crippen LogP contribution in [0.25, 0.3) is 0 Å². The smallest absolute Gasteiger partial charge is 0.220 e. The first-order valence-electron chi connectivity index (χ1n) is 6.36. The summed E-state index contributed by atoms with van der Waals surface area (Å²) in [7, 11) is -2.95. The molecule has 1 amide bonds. The molecule has 2 atom stereocenters. The van der Waals surface area contributed by atoms with Crippen molar-refractivity contribution in [2.45, 2.75) is 45.1 Å². The number of rotatable bonds is 6. The average molecular weight is 272 g/mol. The second-order valence-corrected chi connectivity index (χ2v) is 7.05. The molecule has 1 saturated heterocycles. The van der Waals surface area contributed by atoms with Crippen LogP contribution in [0.2, 0.25) is 0 Å². The maximum Gasteiger partial charge on any atom is 0.220 e. The highest BCUT2D eigenvalue weighted by Gasteiger charge is 2.28. The highest BCUT2D eigenvalue weighted by molar-refractivity contribution is 7.91. The average Bonchev–Trinajstić information content (AvgIpc) is 2.64. The van der Waals surface area contributed by atoms with E-state index < -0.39 is 9.84 Å². The van der Waals surface area contributed by atoms with Gasteiger partial charge in [0.2, 0.25) is 5.91 Å². The lowest BCUT2D eigenvalue weighted by molar-refractivity contribution is -0.121. The number of hydrogen-bond donors (Lipinski definition) is 1. The lowest BCUT2D eigenvalue weighted by atomic mass is 9.99. The highest BCUT2D eigenvalue weighted by Crippen LogP contribution is 2.14. The third-order valence-corrected chi connectivity index (χ3v) is 4.91. The van der Waals surface area contributed by atoms with Crippen molar-refractivity contribution < 1.29 is 13.2 Å². The summed E-state index contributed by atoms with van der Waals surface area (Å²) in [6.07, 6.45) is 3.09. The van der Waals surface area contributed by atoms with E-state index in [0.717, 1.165) is 12.8 Å². The number of carbonyl (C=O) groups excluding carboxylic acids is 1. The van der Waals surface area contributed by atoms with Crippen LogP contribution in [0.4, 0.5) is 0 Å². The molecule has 1 fully saturated rings. The Labute approximate surface area is 108 Å². The molecule has 0 aromatic heterocycles. The molecule has 0 aromatic carbocycles. The van der Waals surface area contributed by atoms with E-state index in [9.17, 15) is 13.2 Å². The minimum atomic E-state index is -2.95. The van der Waals surface area contributed by atoms with Crippen molar-refractivity contribution in [1.82, 2.24) is 5.32 Å². The first-order chi connectivity index (χ1) is 8.46. The van der Waals surface area contributed by atoms with E-state index in [4.69, 9.17) is 5.26 Å². The minimum Gasteiger partial charge on any atom is -0.352 e. The molecule has 5 nitrogen and oxygen atoms in total. The molecule has 18 heavy (non-hydrogen) atoms. The van der Waals surface area contributed by atoms with Gasteiger partial charge in [0.1, 0.15) is 0 Å². The van der Waals surface area contributed by atoms with Crippen LogP contribution < -0.4 is 5.32 Å². The molecule has 1 N–H and O–H groups in total. The van der Waals surface area contributed by atoms with Crippen LogP contribution in [0.3, 0.4) is 0 Å². The van der Waals surface area contributed by atoms with Crippen molar-refractivity contribution in [2.75, 3.05) is 11.5 Å². The largest absolute Gasteiger partial charge is 0.352 e. The van der Waals surface area contributed by atoms with Crippen molar-refractivity contribution in [3.05, 3.63) is 0 Å². The summed E-state index contributed by atoms with van der Waals surface area (Å²) in [5.41, 5.74) is 0. The Hall–Kier alpha value is -1.09. The van der Waals surface area contributed by atoms with Gasteiger partial charge < -0.3 is 5.32 Å². The van der Waals surface area contributed by atoms with E-state index in [1.54, 1.807) is 0 Å². The van der Waals surface area contributed by atoms with E-state index in [1.165, 1.54) is 0 Å². The van der Waals surface area contributed by atoms with Crippen molar-refractivity contribution in [1.29, 1.82) is 5.26 Å². The number of carbonyl (C=O) groups is 1. The van der Waals surface area contributed by atoms with E-state index in [2.05, 4.69) is 11.4 Å². The number of nitrogens with one attached hydrogen (secondary N) is 1. The second-order valence-electron chi connectivity index (χ2n) is 4.82. The third kappa shape index (κ3) is 5.05. The van der Waals surface area contributed by atoms with Gasteiger partial charge in [-0.2, -0.15) is 5.26 Å². The van der Waals surface area contributed by atoms with Gasteiger partial charge >= 0.3 is 0 Å². The van der Waals surface area contributed by atoms with Crippen molar-refractivity contribution in [3.63, 3.8) is 0 Å². The van der Waals surface area contributed by atoms with Gasteiger partial charge in [0.15, 0.2) is 9.84 Å². The summed E-state index contributed by atoms with van der Waals surface area (Å²) in [6.45, 7) is 2.01. The summed E-state index contributed by atoms with van der Waals surface area (Å²) in [5, 5.41) is 11.6. The van der Waals surface area contributed by atoms with Gasteiger partial charge in [0.25, 0.3) is 0 Å². The van der Waals surface area contributed by atoms with E-state index >= 15 is 0 Å². The normalized spacial score (nSPS) is 23.2. The molecule has 102 valence electrons. The Morgan fingerprint density at radius 3 is 2.72 bits per heavy atom. The molecule has 0 saturated carbocycles. The molecule has 0 spiro atoms. The Balaban J connectivity index is 2.28. The molecule has 0 bridgehead atoms. The summed E-state index contributed by atoms with van der Waals surface area (Å²) in [6, 6.07) is 1.95. The van der Waals surface area contributed by atoms with Crippen LogP contribution >= 0.6 is 0 Å². The first-order valence-corrected chi connectivity index (χ1v) is 8.18. The highest BCUT2D eigenvalue weighted by atomic mass is 32.2. The zero-order valence-electron chi connectivity index (χ0n) is 10.7. The van der Waals surface area contributed by atoms with Crippen LogP contribution in [0.1, 0.15) is 39.0 Å². The van der Waals surface area contributed by atoms with E-state index in [-0.39, 0.29) is 29.4 Å². The van der Waals surface area contributed by atoms with Gasteiger partial charge in [0.05, 0.1) is 17.6 Å². The Morgan fingerprint density at radius 2 is 2.22 bits per heavy atom. The number of nitrogens with zero attached hydrogens (tertiary/aromatic N) is 1. The monoisotopic (exact) mass is 272 g/mol. The van der Waals surface area contributed by atoms with Gasteiger partial charge in [-0.3, -0.25) is 4.79 Å². The third-order valence-electron chi connectivity index (χ3n) is 3.14. The van der Waals surface area contributed by atoms with Gasteiger partial charge in [-0.1, -0.05) is 13.3 Å². The lowest BCUT2D eigenvalue weighted by Crippen LogP contribution is -2.35. The SMILES string of the molecule is CCCC(C#N)CCC(=O)NC1CCS(=O)(=O)C1. The van der Waals surface area contributed by atoms with Gasteiger partial charge in [-0.25, -0.2) is 8.42 Å². The maximum absolute atomic E-state index is 11.6. The molecule has 0 aliphatic carbocycles. The van der Waals surface area contributed by atoms with E-state index in [0.29, 0.717) is 19.3 Å². The maximum atomic E-state index is 11.6. The summed E-state index contributed by atoms with van der Waals surface area (Å²) in [5.74, 6) is -0.00854. The van der Waals surface area contributed by atoms with Crippen LogP contribution in [0.15, 0.2) is 0 Å². The topological polar surface area (TPSA) is 87.0 Å². The fourth-order valence-electron chi connectivity index (χ4n) is 2.14. The predicted molar refractivity (Wildman–Crippen MR) is 68.4 cm³/mol. The van der Waals surface area contributed by atoms with Crippen LogP contribution in [-0.2, 0) is 14.6 Å². The van der Waals surface area contributed by atoms with Gasteiger partial charge in [-0.15, -0.1) is 0 Å². The van der Waals surface area contributed by atoms with Crippen LogP contribution in [0.5, 0.6) is 0 Å². The number of amides is 1. The Morgan fingerprint density at radius 1 is 1.50 bits per heavy atom. The molecular formula is C12H20N2O3S. The predicted octanol–water partition coefficient (Wildman–Crippen LogP) is 1.01. The van der Waals surface area contributed by atoms with Crippen LogP contribution in [-0.4, -0.2) is 31.9 Å². The summed E-state index contributed by atoms with van der Waals surface area (Å²) >= 11 is 0. The minimum absolute atomic E-state index is 0.0510. The molecule has 1 aliphatic rings. The Bertz CT molecular complexity index is 425. The fraction of sp³-hybridized carbons (Fsp3) is 0.833. The number of nitriles is 1. The zero-order valence-corrected chi connectivity index (χ0v) is 11.5. The molecule has 6 heteroatoms. The van der Waals surface area contributed by atoms with E-state index in [1.807, 2.05) is 6.92 Å². The standard InChI is InChI=1S/C12H20N2O3S/c1-2-3-10(8-13)4-5-12(15)14-11-6-7-18(16,17)9-11/h10-11H,2-7,9H2,1H3,(H,14,15).